The van der Waals surface area contributed by atoms with Crippen molar-refractivity contribution in [3.05, 3.63) is 23.4 Å². The van der Waals surface area contributed by atoms with Crippen LogP contribution in [0.5, 0.6) is 0 Å². The monoisotopic (exact) mass is 295 g/mol. The van der Waals surface area contributed by atoms with E-state index in [1.807, 2.05) is 19.9 Å². The van der Waals surface area contributed by atoms with Crippen LogP contribution in [-0.2, 0) is 4.74 Å². The van der Waals surface area contributed by atoms with Crippen LogP contribution in [0, 0.1) is 0 Å². The van der Waals surface area contributed by atoms with Gasteiger partial charge in [-0.2, -0.15) is 0 Å². The molecule has 1 rings (SSSR count). The van der Waals surface area contributed by atoms with Crippen LogP contribution in [0.3, 0.4) is 0 Å². The number of ether oxygens (including phenoxy) is 1. The normalized spacial score (nSPS) is 10.8. The number of carbonyl (C=O) groups excluding carboxylic acids is 1. The number of hydrogen-bond acceptors (Lipinski definition) is 5. The van der Waals surface area contributed by atoms with Crippen LogP contribution < -0.4 is 5.32 Å². The van der Waals surface area contributed by atoms with Gasteiger partial charge in [-0.15, -0.1) is 0 Å². The van der Waals surface area contributed by atoms with Crippen molar-refractivity contribution >= 4 is 11.7 Å². The number of methoxy groups -OCH3 is 1. The van der Waals surface area contributed by atoms with Crippen molar-refractivity contribution in [2.75, 3.05) is 45.8 Å². The van der Waals surface area contributed by atoms with Gasteiger partial charge in [0.1, 0.15) is 5.82 Å². The fourth-order valence-corrected chi connectivity index (χ4v) is 1.92. The van der Waals surface area contributed by atoms with Crippen molar-refractivity contribution in [2.24, 2.45) is 0 Å². The highest BCUT2D eigenvalue weighted by atomic mass is 16.5. The number of hydrogen-bond donors (Lipinski definition) is 2. The Morgan fingerprint density at radius 2 is 2.14 bits per heavy atom. The third-order valence-corrected chi connectivity index (χ3v) is 3.16. The number of rotatable bonds is 8. The summed E-state index contributed by atoms with van der Waals surface area (Å²) in [5.41, 5.74) is 1.43. The van der Waals surface area contributed by atoms with Crippen molar-refractivity contribution in [1.29, 1.82) is 0 Å². The molecule has 2 N–H and O–H groups in total. The van der Waals surface area contributed by atoms with Gasteiger partial charge in [0.15, 0.2) is 0 Å². The van der Waals surface area contributed by atoms with Crippen LogP contribution in [-0.4, -0.2) is 61.4 Å². The molecule has 0 spiro atoms. The van der Waals surface area contributed by atoms with Gasteiger partial charge in [-0.05, 0) is 18.1 Å². The molecule has 6 heteroatoms. The van der Waals surface area contributed by atoms with Gasteiger partial charge in [0, 0.05) is 38.5 Å². The van der Waals surface area contributed by atoms with Crippen LogP contribution in [0.1, 0.15) is 35.8 Å². The molecule has 118 valence electrons. The molecular formula is C15H25N3O3. The van der Waals surface area contributed by atoms with Gasteiger partial charge in [0.25, 0.3) is 5.91 Å². The first-order chi connectivity index (χ1) is 10.0. The zero-order valence-corrected chi connectivity index (χ0v) is 13.2. The lowest BCUT2D eigenvalue weighted by molar-refractivity contribution is 0.0656. The number of carbonyl (C=O) groups is 1. The Hall–Kier alpha value is -1.66. The lowest BCUT2D eigenvalue weighted by atomic mass is 10.1. The summed E-state index contributed by atoms with van der Waals surface area (Å²) < 4.78 is 5.01. The topological polar surface area (TPSA) is 74.7 Å². The number of nitrogens with one attached hydrogen (secondary N) is 1. The molecule has 0 aromatic carbocycles. The number of nitrogens with zero attached hydrogens (tertiary/aromatic N) is 2. The Morgan fingerprint density at radius 1 is 1.43 bits per heavy atom. The lowest BCUT2D eigenvalue weighted by Gasteiger charge is -2.22. The largest absolute Gasteiger partial charge is 0.395 e. The van der Waals surface area contributed by atoms with Gasteiger partial charge in [-0.25, -0.2) is 4.98 Å². The summed E-state index contributed by atoms with van der Waals surface area (Å²) in [5, 5.41) is 12.1. The van der Waals surface area contributed by atoms with Crippen molar-refractivity contribution < 1.29 is 14.6 Å². The van der Waals surface area contributed by atoms with E-state index < -0.39 is 0 Å². The molecule has 0 atom stereocenters. The molecule has 0 radical (unpaired) electrons. The van der Waals surface area contributed by atoms with E-state index in [1.165, 1.54) is 0 Å². The average Bonchev–Trinajstić information content (AvgIpc) is 2.50. The molecule has 0 unspecified atom stereocenters. The van der Waals surface area contributed by atoms with E-state index in [4.69, 9.17) is 9.84 Å². The molecular weight excluding hydrogens is 270 g/mol. The second-order valence-corrected chi connectivity index (χ2v) is 5.08. The van der Waals surface area contributed by atoms with Crippen molar-refractivity contribution in [3.63, 3.8) is 0 Å². The molecule has 1 aromatic rings. The summed E-state index contributed by atoms with van der Waals surface area (Å²) in [6.07, 6.45) is 0. The third-order valence-electron chi connectivity index (χ3n) is 3.16. The van der Waals surface area contributed by atoms with E-state index >= 15 is 0 Å². The highest BCUT2D eigenvalue weighted by Crippen LogP contribution is 2.18. The minimum atomic E-state index is -0.123. The average molecular weight is 295 g/mol. The zero-order chi connectivity index (χ0) is 15.8. The van der Waals surface area contributed by atoms with Crippen molar-refractivity contribution in [3.8, 4) is 0 Å². The number of aromatic nitrogens is 1. The predicted octanol–water partition coefficient (Wildman–Crippen LogP) is 1.33. The highest BCUT2D eigenvalue weighted by Gasteiger charge is 2.17. The van der Waals surface area contributed by atoms with E-state index in [9.17, 15) is 4.79 Å². The summed E-state index contributed by atoms with van der Waals surface area (Å²) in [6.45, 7) is 5.17. The number of pyridine rings is 1. The first-order valence-corrected chi connectivity index (χ1v) is 7.12. The van der Waals surface area contributed by atoms with Gasteiger partial charge >= 0.3 is 0 Å². The first kappa shape index (κ1) is 17.4. The molecule has 21 heavy (non-hydrogen) atoms. The van der Waals surface area contributed by atoms with Gasteiger partial charge < -0.3 is 20.1 Å². The van der Waals surface area contributed by atoms with Crippen molar-refractivity contribution in [1.82, 2.24) is 9.88 Å². The van der Waals surface area contributed by atoms with E-state index in [-0.39, 0.29) is 25.0 Å². The Kier molecular flexibility index (Phi) is 7.11. The predicted molar refractivity (Wildman–Crippen MR) is 82.7 cm³/mol. The van der Waals surface area contributed by atoms with Gasteiger partial charge in [0.05, 0.1) is 13.2 Å². The molecule has 6 nitrogen and oxygen atoms in total. The van der Waals surface area contributed by atoms with E-state index in [1.54, 1.807) is 25.1 Å². The molecule has 0 saturated carbocycles. The molecule has 0 fully saturated rings. The summed E-state index contributed by atoms with van der Waals surface area (Å²) >= 11 is 0. The fraction of sp³-hybridized carbons (Fsp3) is 0.600. The van der Waals surface area contributed by atoms with Crippen LogP contribution in [0.4, 0.5) is 5.82 Å². The van der Waals surface area contributed by atoms with Gasteiger partial charge in [0.2, 0.25) is 0 Å². The summed E-state index contributed by atoms with van der Waals surface area (Å²) in [4.78, 5) is 18.6. The standard InChI is InChI=1S/C15H25N3O3/c1-11(2)13-9-12(10-14(16-3)17-13)15(20)18(5-7-19)6-8-21-4/h9-11,19H,5-8H2,1-4H3,(H,16,17). The fourth-order valence-electron chi connectivity index (χ4n) is 1.92. The highest BCUT2D eigenvalue weighted by molar-refractivity contribution is 5.95. The van der Waals surface area contributed by atoms with Crippen molar-refractivity contribution in [2.45, 2.75) is 19.8 Å². The minimum absolute atomic E-state index is 0.0730. The molecule has 1 heterocycles. The van der Waals surface area contributed by atoms with Gasteiger partial charge in [-0.1, -0.05) is 13.8 Å². The molecule has 0 aliphatic heterocycles. The maximum Gasteiger partial charge on any atom is 0.254 e. The molecule has 0 aliphatic carbocycles. The number of anilines is 1. The van der Waals surface area contributed by atoms with E-state index in [0.717, 1.165) is 5.69 Å². The Morgan fingerprint density at radius 3 is 2.67 bits per heavy atom. The van der Waals surface area contributed by atoms with E-state index in [0.29, 0.717) is 24.5 Å². The Balaban J connectivity index is 3.04. The summed E-state index contributed by atoms with van der Waals surface area (Å²) in [6, 6.07) is 3.54. The maximum atomic E-state index is 12.6. The Labute approximate surface area is 126 Å². The summed E-state index contributed by atoms with van der Waals surface area (Å²) in [5.74, 6) is 0.775. The molecule has 1 amide bonds. The number of amides is 1. The zero-order valence-electron chi connectivity index (χ0n) is 13.2. The van der Waals surface area contributed by atoms with Crippen LogP contribution in [0.2, 0.25) is 0 Å². The first-order valence-electron chi connectivity index (χ1n) is 7.12. The quantitative estimate of drug-likeness (QED) is 0.757. The third kappa shape index (κ3) is 4.99. The maximum absolute atomic E-state index is 12.6. The second-order valence-electron chi connectivity index (χ2n) is 5.08. The van der Waals surface area contributed by atoms with Gasteiger partial charge in [-0.3, -0.25) is 4.79 Å². The Bertz CT molecular complexity index is 463. The summed E-state index contributed by atoms with van der Waals surface area (Å²) in [7, 11) is 3.36. The van der Waals surface area contributed by atoms with Crippen LogP contribution in [0.15, 0.2) is 12.1 Å². The minimum Gasteiger partial charge on any atom is -0.395 e. The molecule has 0 saturated heterocycles. The molecule has 0 aliphatic rings. The number of aliphatic hydroxyl groups excluding tert-OH is 1. The van der Waals surface area contributed by atoms with Crippen LogP contribution >= 0.6 is 0 Å². The molecule has 1 aromatic heterocycles. The SMILES string of the molecule is CNc1cc(C(=O)N(CCO)CCOC)cc(C(C)C)n1. The molecule has 0 bridgehead atoms. The lowest BCUT2D eigenvalue weighted by Crippen LogP contribution is -2.36. The number of aliphatic hydroxyl groups is 1. The van der Waals surface area contributed by atoms with E-state index in [2.05, 4.69) is 10.3 Å². The van der Waals surface area contributed by atoms with Crippen LogP contribution in [0.25, 0.3) is 0 Å². The second kappa shape index (κ2) is 8.59. The smallest absolute Gasteiger partial charge is 0.254 e.